The molecule has 4 aromatic heterocycles. The van der Waals surface area contributed by atoms with Gasteiger partial charge in [-0.15, -0.1) is 22.7 Å². The van der Waals surface area contributed by atoms with E-state index in [9.17, 15) is 19.2 Å². The second-order valence-electron chi connectivity index (χ2n) is 13.4. The van der Waals surface area contributed by atoms with E-state index >= 15 is 0 Å². The number of alkyl carbamates (subject to hydrolysis) is 2. The summed E-state index contributed by atoms with van der Waals surface area (Å²) >= 11 is 3.29. The number of likely N-dealkylation sites (tertiary alicyclic amines) is 2. The van der Waals surface area contributed by atoms with Gasteiger partial charge in [-0.05, 0) is 49.7 Å². The fourth-order valence-corrected chi connectivity index (χ4v) is 9.06. The van der Waals surface area contributed by atoms with Gasteiger partial charge in [0.1, 0.15) is 23.7 Å². The lowest BCUT2D eigenvalue weighted by molar-refractivity contribution is -0.136. The van der Waals surface area contributed by atoms with Gasteiger partial charge in [0.2, 0.25) is 11.8 Å². The summed E-state index contributed by atoms with van der Waals surface area (Å²) in [4.78, 5) is 73.0. The van der Waals surface area contributed by atoms with Gasteiger partial charge in [-0.1, -0.05) is 27.7 Å². The van der Waals surface area contributed by atoms with Crippen molar-refractivity contribution in [2.45, 2.75) is 77.5 Å². The molecule has 2 saturated heterocycles. The van der Waals surface area contributed by atoms with E-state index in [2.05, 4.69) is 32.7 Å². The summed E-state index contributed by atoms with van der Waals surface area (Å²) in [5.41, 5.74) is 1.63. The van der Waals surface area contributed by atoms with Crippen LogP contribution in [-0.4, -0.2) is 93.1 Å². The van der Waals surface area contributed by atoms with Crippen LogP contribution < -0.4 is 10.6 Å². The molecule has 6 rings (SSSR count). The summed E-state index contributed by atoms with van der Waals surface area (Å²) in [5, 5.41) is 5.38. The Morgan fingerprint density at radius 3 is 1.50 bits per heavy atom. The molecule has 0 saturated carbocycles. The summed E-state index contributed by atoms with van der Waals surface area (Å²) in [6.45, 7) is 8.79. The second-order valence-corrected chi connectivity index (χ2v) is 15.6. The summed E-state index contributed by atoms with van der Waals surface area (Å²) in [5.74, 6) is 0.973. The lowest BCUT2D eigenvalue weighted by Crippen LogP contribution is -2.51. The standard InChI is InChI=1S/C34H44N8O6S2/c1-17(2)27(39-33(45)47-5)31(43)41-11-7-9-21(41)29-35-15-19(37-29)23-13-25-26(49-23)14-24(50-25)20-16-36-30(38-20)22-10-8-12-42(22)32(44)28(18(3)4)40-34(46)48-6/h13-18,21-22,27-28H,7-12H2,1-6H3,(H,35,37)(H,36,38)(H,39,45)(H,40,46). The molecular formula is C34H44N8O6S2. The first-order chi connectivity index (χ1) is 24.0. The normalized spacial score (nSPS) is 19.0. The van der Waals surface area contributed by atoms with Gasteiger partial charge in [0, 0.05) is 34.9 Å². The number of hydrogen-bond donors (Lipinski definition) is 4. The van der Waals surface area contributed by atoms with Gasteiger partial charge < -0.3 is 39.9 Å². The number of rotatable bonds is 10. The molecular weight excluding hydrogens is 681 g/mol. The fraction of sp³-hybridized carbons (Fsp3) is 0.529. The summed E-state index contributed by atoms with van der Waals surface area (Å²) in [6, 6.07) is 2.48. The van der Waals surface area contributed by atoms with Gasteiger partial charge >= 0.3 is 12.2 Å². The van der Waals surface area contributed by atoms with Crippen molar-refractivity contribution in [1.29, 1.82) is 0 Å². The van der Waals surface area contributed by atoms with Crippen LogP contribution in [-0.2, 0) is 19.1 Å². The van der Waals surface area contributed by atoms with E-state index in [1.54, 1.807) is 22.7 Å². The SMILES string of the molecule is COC(=O)NC(C(=O)N1CCCC1c1nc(-c2cc3sc(-c4c[nH]c(C5CCCN5C(=O)C(NC(=O)OC)C(C)C)n4)cc3s2)c[nH]1)C(C)C. The van der Waals surface area contributed by atoms with E-state index in [0.29, 0.717) is 13.1 Å². The Balaban J connectivity index is 1.15. The minimum Gasteiger partial charge on any atom is -0.453 e. The highest BCUT2D eigenvalue weighted by atomic mass is 32.1. The highest BCUT2D eigenvalue weighted by Crippen LogP contribution is 2.42. The molecule has 0 bridgehead atoms. The number of hydrogen-bond acceptors (Lipinski definition) is 10. The molecule has 16 heteroatoms. The number of amides is 4. The summed E-state index contributed by atoms with van der Waals surface area (Å²) in [6.07, 6.45) is 5.79. The van der Waals surface area contributed by atoms with Crippen LogP contribution in [0, 0.1) is 11.8 Å². The topological polar surface area (TPSA) is 175 Å². The van der Waals surface area contributed by atoms with Gasteiger partial charge in [0.15, 0.2) is 0 Å². The van der Waals surface area contributed by atoms with Gasteiger partial charge in [-0.3, -0.25) is 9.59 Å². The van der Waals surface area contributed by atoms with Crippen LogP contribution in [0.15, 0.2) is 24.5 Å². The van der Waals surface area contributed by atoms with Crippen molar-refractivity contribution in [1.82, 2.24) is 40.4 Å². The maximum atomic E-state index is 13.5. The van der Waals surface area contributed by atoms with E-state index in [1.165, 1.54) is 14.2 Å². The van der Waals surface area contributed by atoms with E-state index in [0.717, 1.165) is 67.9 Å². The van der Waals surface area contributed by atoms with Crippen molar-refractivity contribution >= 4 is 56.1 Å². The first-order valence-electron chi connectivity index (χ1n) is 16.9. The van der Waals surface area contributed by atoms with E-state index in [-0.39, 0.29) is 35.7 Å². The van der Waals surface area contributed by atoms with Crippen molar-refractivity contribution in [3.63, 3.8) is 0 Å². The second kappa shape index (κ2) is 14.8. The van der Waals surface area contributed by atoms with Crippen LogP contribution in [0.25, 0.3) is 30.5 Å². The van der Waals surface area contributed by atoms with Crippen LogP contribution in [0.3, 0.4) is 0 Å². The van der Waals surface area contributed by atoms with Crippen LogP contribution in [0.2, 0.25) is 0 Å². The third-order valence-corrected chi connectivity index (χ3v) is 11.7. The molecule has 14 nitrogen and oxygen atoms in total. The van der Waals surface area contributed by atoms with Crippen molar-refractivity contribution in [3.05, 3.63) is 36.2 Å². The van der Waals surface area contributed by atoms with E-state index in [1.807, 2.05) is 49.9 Å². The maximum Gasteiger partial charge on any atom is 0.407 e. The van der Waals surface area contributed by atoms with Crippen LogP contribution in [0.4, 0.5) is 9.59 Å². The Morgan fingerprint density at radius 1 is 0.740 bits per heavy atom. The molecule has 0 aromatic carbocycles. The first-order valence-corrected chi connectivity index (χ1v) is 18.6. The van der Waals surface area contributed by atoms with Gasteiger partial charge in [-0.25, -0.2) is 19.6 Å². The predicted molar refractivity (Wildman–Crippen MR) is 191 cm³/mol. The third kappa shape index (κ3) is 7.08. The minimum absolute atomic E-state index is 0.104. The molecule has 4 N–H and O–H groups in total. The van der Waals surface area contributed by atoms with Gasteiger partial charge in [0.25, 0.3) is 0 Å². The number of aromatic nitrogens is 4. The molecule has 4 amide bonds. The Morgan fingerprint density at radius 2 is 1.14 bits per heavy atom. The number of aromatic amines is 2. The van der Waals surface area contributed by atoms with Crippen LogP contribution >= 0.6 is 22.7 Å². The van der Waals surface area contributed by atoms with Gasteiger partial charge in [0.05, 0.1) is 47.4 Å². The number of carbonyl (C=O) groups is 4. The Kier molecular flexibility index (Phi) is 10.5. The van der Waals surface area contributed by atoms with E-state index < -0.39 is 24.3 Å². The molecule has 0 aliphatic carbocycles. The fourth-order valence-electron chi connectivity index (χ4n) is 6.74. The maximum absolute atomic E-state index is 13.5. The van der Waals surface area contributed by atoms with E-state index in [4.69, 9.17) is 19.4 Å². The number of ether oxygens (including phenoxy) is 2. The molecule has 2 fully saturated rings. The lowest BCUT2D eigenvalue weighted by atomic mass is 10.0. The molecule has 50 heavy (non-hydrogen) atoms. The zero-order chi connectivity index (χ0) is 35.7. The average molecular weight is 725 g/mol. The van der Waals surface area contributed by atoms with Crippen LogP contribution in [0.5, 0.6) is 0 Å². The Bertz CT molecular complexity index is 1700. The number of methoxy groups -OCH3 is 2. The van der Waals surface area contributed by atoms with Crippen LogP contribution in [0.1, 0.15) is 77.1 Å². The number of thiophene rings is 2. The third-order valence-electron chi connectivity index (χ3n) is 9.39. The number of imidazole rings is 2. The average Bonchev–Trinajstić information content (AvgIpc) is 3.93. The van der Waals surface area contributed by atoms with Crippen molar-refractivity contribution < 1.29 is 28.7 Å². The molecule has 2 aliphatic heterocycles. The summed E-state index contributed by atoms with van der Waals surface area (Å²) in [7, 11) is 2.58. The minimum atomic E-state index is -0.687. The lowest BCUT2D eigenvalue weighted by Gasteiger charge is -2.29. The number of carbonyl (C=O) groups excluding carboxylic acids is 4. The molecule has 6 heterocycles. The molecule has 0 spiro atoms. The number of H-pyrrole nitrogens is 2. The van der Waals surface area contributed by atoms with Gasteiger partial charge in [-0.2, -0.15) is 0 Å². The molecule has 2 aliphatic rings. The highest BCUT2D eigenvalue weighted by molar-refractivity contribution is 7.31. The molecule has 268 valence electrons. The quantitative estimate of drug-likeness (QED) is 0.158. The monoisotopic (exact) mass is 724 g/mol. The number of fused-ring (bicyclic) bond motifs is 1. The molecule has 0 radical (unpaired) electrons. The smallest absolute Gasteiger partial charge is 0.407 e. The Labute approximate surface area is 298 Å². The van der Waals surface area contributed by atoms with Crippen molar-refractivity contribution in [2.75, 3.05) is 27.3 Å². The zero-order valence-corrected chi connectivity index (χ0v) is 30.7. The Hall–Kier alpha value is -4.44. The number of nitrogens with zero attached hydrogens (tertiary/aromatic N) is 4. The highest BCUT2D eigenvalue weighted by Gasteiger charge is 2.39. The first kappa shape index (κ1) is 35.4. The summed E-state index contributed by atoms with van der Waals surface area (Å²) < 4.78 is 11.7. The molecule has 4 unspecified atom stereocenters. The van der Waals surface area contributed by atoms with Crippen molar-refractivity contribution in [3.8, 4) is 21.1 Å². The molecule has 4 aromatic rings. The zero-order valence-electron chi connectivity index (χ0n) is 29.1. The largest absolute Gasteiger partial charge is 0.453 e. The predicted octanol–water partition coefficient (Wildman–Crippen LogP) is 5.83. The van der Waals surface area contributed by atoms with Crippen molar-refractivity contribution in [2.24, 2.45) is 11.8 Å². The molecule has 4 atom stereocenters. The number of nitrogens with one attached hydrogen (secondary N) is 4.